The van der Waals surface area contributed by atoms with Gasteiger partial charge in [-0.25, -0.2) is 0 Å². The van der Waals surface area contributed by atoms with E-state index in [1.54, 1.807) is 6.92 Å². The summed E-state index contributed by atoms with van der Waals surface area (Å²) in [4.78, 5) is 0. The smallest absolute Gasteiger partial charge is 0.148 e. The van der Waals surface area contributed by atoms with Crippen LogP contribution in [0.1, 0.15) is 31.7 Å². The fourth-order valence-corrected chi connectivity index (χ4v) is 2.32. The van der Waals surface area contributed by atoms with Gasteiger partial charge in [-0.2, -0.15) is 0 Å². The van der Waals surface area contributed by atoms with Crippen LogP contribution in [0.5, 0.6) is 0 Å². The zero-order chi connectivity index (χ0) is 15.1. The molecule has 0 fully saturated rings. The summed E-state index contributed by atoms with van der Waals surface area (Å²) in [5.41, 5.74) is 3.12. The maximum absolute atomic E-state index is 10.3. The molecule has 1 aromatic rings. The van der Waals surface area contributed by atoms with Crippen LogP contribution in [0.4, 0.5) is 0 Å². The van der Waals surface area contributed by atoms with Crippen molar-refractivity contribution in [2.75, 3.05) is 0 Å². The molecule has 1 unspecified atom stereocenters. The van der Waals surface area contributed by atoms with Crippen molar-refractivity contribution in [1.29, 1.82) is 0 Å². The van der Waals surface area contributed by atoms with Crippen LogP contribution in [0.25, 0.3) is 0 Å². The van der Waals surface area contributed by atoms with Gasteiger partial charge in [0.15, 0.2) is 0 Å². The van der Waals surface area contributed by atoms with Crippen LogP contribution in [-0.2, 0) is 5.60 Å². The van der Waals surface area contributed by atoms with Crippen molar-refractivity contribution in [2.45, 2.75) is 51.4 Å². The van der Waals surface area contributed by atoms with Crippen LogP contribution in [-0.4, -0.2) is 13.2 Å². The molecule has 2 heteroatoms. The molecule has 0 aromatic heterocycles. The molecule has 1 nitrogen and oxygen atoms in total. The van der Waals surface area contributed by atoms with E-state index in [1.165, 1.54) is 0 Å². The van der Waals surface area contributed by atoms with Crippen molar-refractivity contribution in [3.05, 3.63) is 35.9 Å². The van der Waals surface area contributed by atoms with Crippen LogP contribution < -0.4 is 0 Å². The first-order valence-corrected chi connectivity index (χ1v) is 10.6. The van der Waals surface area contributed by atoms with Gasteiger partial charge in [0.1, 0.15) is 13.7 Å². The van der Waals surface area contributed by atoms with Gasteiger partial charge >= 0.3 is 0 Å². The topological polar surface area (TPSA) is 20.2 Å². The predicted molar refractivity (Wildman–Crippen MR) is 88.8 cm³/mol. The van der Waals surface area contributed by atoms with Gasteiger partial charge in [0.2, 0.25) is 0 Å². The minimum atomic E-state index is -1.24. The van der Waals surface area contributed by atoms with E-state index in [-0.39, 0.29) is 0 Å². The molecule has 0 amide bonds. The first-order valence-electron chi connectivity index (χ1n) is 7.09. The quantitative estimate of drug-likeness (QED) is 0.506. The highest BCUT2D eigenvalue weighted by molar-refractivity contribution is 6.83. The van der Waals surface area contributed by atoms with E-state index >= 15 is 0 Å². The third kappa shape index (κ3) is 6.62. The molecule has 0 aliphatic rings. The SMILES string of the molecule is CC(O)(C#CCCCC#C[Si](C)(C)C)c1ccccc1. The predicted octanol–water partition coefficient (Wildman–Crippen LogP) is 3.95. The van der Waals surface area contributed by atoms with Crippen LogP contribution >= 0.6 is 0 Å². The number of hydrogen-bond acceptors (Lipinski definition) is 1. The van der Waals surface area contributed by atoms with Gasteiger partial charge in [-0.05, 0) is 18.9 Å². The van der Waals surface area contributed by atoms with E-state index in [0.717, 1.165) is 24.8 Å². The molecule has 0 radical (unpaired) electrons. The molecule has 0 bridgehead atoms. The lowest BCUT2D eigenvalue weighted by Gasteiger charge is -2.16. The fourth-order valence-electron chi connectivity index (χ4n) is 1.66. The Balaban J connectivity index is 2.44. The molecular weight excluding hydrogens is 260 g/mol. The number of benzene rings is 1. The first-order chi connectivity index (χ1) is 9.31. The lowest BCUT2D eigenvalue weighted by atomic mass is 9.96. The normalized spacial score (nSPS) is 13.4. The summed E-state index contributed by atoms with van der Waals surface area (Å²) in [5.74, 6) is 9.25. The fraction of sp³-hybridized carbons (Fsp3) is 0.444. The van der Waals surface area contributed by atoms with Crippen molar-refractivity contribution in [3.8, 4) is 23.3 Å². The largest absolute Gasteiger partial charge is 0.374 e. The van der Waals surface area contributed by atoms with Crippen molar-refractivity contribution >= 4 is 8.07 Å². The van der Waals surface area contributed by atoms with Gasteiger partial charge < -0.3 is 5.11 Å². The summed E-state index contributed by atoms with van der Waals surface area (Å²) >= 11 is 0. The second-order valence-electron chi connectivity index (χ2n) is 6.15. The van der Waals surface area contributed by atoms with Gasteiger partial charge in [0, 0.05) is 12.8 Å². The minimum Gasteiger partial charge on any atom is -0.374 e. The van der Waals surface area contributed by atoms with Gasteiger partial charge in [0.05, 0.1) is 0 Å². The van der Waals surface area contributed by atoms with Crippen LogP contribution in [0.2, 0.25) is 19.6 Å². The molecule has 0 spiro atoms. The maximum Gasteiger partial charge on any atom is 0.148 e. The van der Waals surface area contributed by atoms with Crippen molar-refractivity contribution in [1.82, 2.24) is 0 Å². The summed E-state index contributed by atoms with van der Waals surface area (Å²) in [6, 6.07) is 9.56. The Morgan fingerprint density at radius 3 is 2.25 bits per heavy atom. The molecule has 0 aliphatic carbocycles. The maximum atomic E-state index is 10.3. The van der Waals surface area contributed by atoms with Crippen LogP contribution in [0, 0.1) is 23.3 Å². The Bertz CT molecular complexity index is 530. The molecule has 0 saturated heterocycles. The van der Waals surface area contributed by atoms with Gasteiger partial charge in [-0.15, -0.1) is 11.5 Å². The van der Waals surface area contributed by atoms with E-state index in [2.05, 4.69) is 42.9 Å². The summed E-state index contributed by atoms with van der Waals surface area (Å²) in [6.45, 7) is 8.48. The second-order valence-corrected chi connectivity index (χ2v) is 10.9. The molecule has 1 atom stereocenters. The monoisotopic (exact) mass is 284 g/mol. The van der Waals surface area contributed by atoms with E-state index in [1.807, 2.05) is 30.3 Å². The Labute approximate surface area is 124 Å². The van der Waals surface area contributed by atoms with Gasteiger partial charge in [0.25, 0.3) is 0 Å². The Hall–Kier alpha value is -1.48. The summed E-state index contributed by atoms with van der Waals surface area (Å²) in [5, 5.41) is 10.3. The molecule has 0 aliphatic heterocycles. The lowest BCUT2D eigenvalue weighted by molar-refractivity contribution is 0.122. The van der Waals surface area contributed by atoms with Crippen LogP contribution in [0.3, 0.4) is 0 Å². The van der Waals surface area contributed by atoms with Gasteiger partial charge in [-0.1, -0.05) is 61.8 Å². The second kappa shape index (κ2) is 7.34. The lowest BCUT2D eigenvalue weighted by Crippen LogP contribution is -2.18. The molecule has 1 aromatic carbocycles. The number of unbranched alkanes of at least 4 members (excludes halogenated alkanes) is 2. The summed E-state index contributed by atoms with van der Waals surface area (Å²) in [6.07, 6.45) is 2.64. The zero-order valence-corrected chi connectivity index (χ0v) is 14.0. The molecule has 106 valence electrons. The van der Waals surface area contributed by atoms with E-state index in [9.17, 15) is 5.11 Å². The highest BCUT2D eigenvalue weighted by Gasteiger charge is 2.18. The standard InChI is InChI=1S/C18H24OSi/c1-18(19,17-13-9-8-10-14-17)15-11-6-5-7-12-16-20(2,3)4/h8-10,13-14,19H,5-7H2,1-4H3. The average Bonchev–Trinajstić information content (AvgIpc) is 2.37. The van der Waals surface area contributed by atoms with E-state index < -0.39 is 13.7 Å². The number of rotatable bonds is 3. The third-order valence-corrected chi connectivity index (χ3v) is 3.66. The molecule has 1 rings (SSSR count). The average molecular weight is 284 g/mol. The molecule has 20 heavy (non-hydrogen) atoms. The molecule has 1 N–H and O–H groups in total. The summed E-state index contributed by atoms with van der Waals surface area (Å²) in [7, 11) is -1.24. The Morgan fingerprint density at radius 2 is 1.65 bits per heavy atom. The van der Waals surface area contributed by atoms with Crippen molar-refractivity contribution in [2.24, 2.45) is 0 Å². The highest BCUT2D eigenvalue weighted by Crippen LogP contribution is 2.18. The van der Waals surface area contributed by atoms with Crippen molar-refractivity contribution in [3.63, 3.8) is 0 Å². The van der Waals surface area contributed by atoms with Crippen LogP contribution in [0.15, 0.2) is 30.3 Å². The zero-order valence-electron chi connectivity index (χ0n) is 13.0. The highest BCUT2D eigenvalue weighted by atomic mass is 28.3. The first kappa shape index (κ1) is 16.6. The van der Waals surface area contributed by atoms with Gasteiger partial charge in [-0.3, -0.25) is 0 Å². The molecule has 0 saturated carbocycles. The number of aliphatic hydroxyl groups is 1. The minimum absolute atomic E-state index is 0.781. The van der Waals surface area contributed by atoms with Crippen molar-refractivity contribution < 1.29 is 5.11 Å². The molecular formula is C18H24OSi. The Morgan fingerprint density at radius 1 is 1.05 bits per heavy atom. The Kier molecular flexibility index (Phi) is 6.08. The van der Waals surface area contributed by atoms with E-state index in [0.29, 0.717) is 0 Å². The molecule has 0 heterocycles. The number of hydrogen-bond donors (Lipinski definition) is 1. The third-order valence-electron chi connectivity index (χ3n) is 2.73. The summed E-state index contributed by atoms with van der Waals surface area (Å²) < 4.78 is 0. The van der Waals surface area contributed by atoms with E-state index in [4.69, 9.17) is 0 Å².